The van der Waals surface area contributed by atoms with Crippen LogP contribution in [-0.2, 0) is 6.54 Å². The Morgan fingerprint density at radius 1 is 1.20 bits per heavy atom. The van der Waals surface area contributed by atoms with Crippen molar-refractivity contribution in [2.45, 2.75) is 13.5 Å². The van der Waals surface area contributed by atoms with E-state index in [9.17, 15) is 4.79 Å². The highest BCUT2D eigenvalue weighted by Crippen LogP contribution is 2.09. The van der Waals surface area contributed by atoms with Gasteiger partial charge in [-0.1, -0.05) is 18.2 Å². The predicted octanol–water partition coefficient (Wildman–Crippen LogP) is 2.24. The highest BCUT2D eigenvalue weighted by molar-refractivity contribution is 5.78. The number of H-pyrrole nitrogens is 1. The zero-order chi connectivity index (χ0) is 13.9. The first-order valence-corrected chi connectivity index (χ1v) is 6.37. The van der Waals surface area contributed by atoms with Gasteiger partial charge in [-0.15, -0.1) is 0 Å². The number of anilines is 1. The van der Waals surface area contributed by atoms with Crippen LogP contribution in [0.15, 0.2) is 47.4 Å². The fourth-order valence-corrected chi connectivity index (χ4v) is 2.04. The summed E-state index contributed by atoms with van der Waals surface area (Å²) in [6.45, 7) is 2.52. The summed E-state index contributed by atoms with van der Waals surface area (Å²) in [5.74, 6) is 0.457. The Bertz CT molecular complexity index is 810. The number of aryl methyl sites for hydroxylation is 1. The van der Waals surface area contributed by atoms with E-state index in [0.717, 1.165) is 11.3 Å². The summed E-state index contributed by atoms with van der Waals surface area (Å²) in [7, 11) is 0. The Hall–Kier alpha value is -2.69. The van der Waals surface area contributed by atoms with Crippen LogP contribution in [0.2, 0.25) is 0 Å². The second-order valence-electron chi connectivity index (χ2n) is 4.55. The Morgan fingerprint density at radius 2 is 2.05 bits per heavy atom. The molecule has 0 spiro atoms. The van der Waals surface area contributed by atoms with Gasteiger partial charge in [-0.25, -0.2) is 4.98 Å². The summed E-state index contributed by atoms with van der Waals surface area (Å²) in [6, 6.07) is 11.2. The normalized spacial score (nSPS) is 10.7. The quantitative estimate of drug-likeness (QED) is 0.762. The van der Waals surface area contributed by atoms with Crippen molar-refractivity contribution in [3.63, 3.8) is 0 Å². The van der Waals surface area contributed by atoms with Crippen LogP contribution in [0.1, 0.15) is 11.3 Å². The number of fused-ring (bicyclic) bond motifs is 1. The van der Waals surface area contributed by atoms with E-state index in [1.807, 2.05) is 37.3 Å². The topological polar surface area (TPSA) is 70.7 Å². The van der Waals surface area contributed by atoms with Crippen LogP contribution >= 0.6 is 0 Å². The van der Waals surface area contributed by atoms with E-state index in [4.69, 9.17) is 0 Å². The molecule has 2 aromatic heterocycles. The van der Waals surface area contributed by atoms with Gasteiger partial charge in [-0.2, -0.15) is 0 Å². The number of rotatable bonds is 3. The van der Waals surface area contributed by atoms with Gasteiger partial charge in [0.25, 0.3) is 5.56 Å². The summed E-state index contributed by atoms with van der Waals surface area (Å²) in [6.07, 6.45) is 1.75. The Balaban J connectivity index is 1.88. The molecule has 20 heavy (non-hydrogen) atoms. The number of para-hydroxylation sites is 1. The van der Waals surface area contributed by atoms with Crippen LogP contribution in [0.3, 0.4) is 0 Å². The molecule has 0 aliphatic heterocycles. The Morgan fingerprint density at radius 3 is 2.90 bits per heavy atom. The van der Waals surface area contributed by atoms with Crippen molar-refractivity contribution < 1.29 is 0 Å². The second-order valence-corrected chi connectivity index (χ2v) is 4.55. The van der Waals surface area contributed by atoms with Gasteiger partial charge in [0, 0.05) is 6.20 Å². The summed E-state index contributed by atoms with van der Waals surface area (Å²) in [4.78, 5) is 23.3. The van der Waals surface area contributed by atoms with Gasteiger partial charge < -0.3 is 5.32 Å². The Labute approximate surface area is 115 Å². The molecule has 0 aliphatic carbocycles. The van der Waals surface area contributed by atoms with E-state index in [0.29, 0.717) is 23.4 Å². The SMILES string of the molecule is Cc1cccnc1CNc1nc2ccccc2c(=O)[nH]1. The minimum atomic E-state index is -0.143. The molecule has 2 heterocycles. The highest BCUT2D eigenvalue weighted by atomic mass is 16.1. The third kappa shape index (κ3) is 2.38. The molecule has 3 aromatic rings. The number of nitrogens with one attached hydrogen (secondary N) is 2. The van der Waals surface area contributed by atoms with E-state index in [1.54, 1.807) is 12.3 Å². The van der Waals surface area contributed by atoms with Gasteiger partial charge in [0.05, 0.1) is 23.1 Å². The number of aromatic amines is 1. The first-order valence-electron chi connectivity index (χ1n) is 6.37. The van der Waals surface area contributed by atoms with Crippen molar-refractivity contribution in [3.8, 4) is 0 Å². The zero-order valence-corrected chi connectivity index (χ0v) is 11.1. The fourth-order valence-electron chi connectivity index (χ4n) is 2.04. The number of pyridine rings is 1. The molecule has 0 amide bonds. The van der Waals surface area contributed by atoms with Crippen molar-refractivity contribution in [3.05, 3.63) is 64.2 Å². The first-order chi connectivity index (χ1) is 9.74. The van der Waals surface area contributed by atoms with Gasteiger partial charge >= 0.3 is 0 Å². The second kappa shape index (κ2) is 5.13. The maximum absolute atomic E-state index is 11.9. The number of nitrogens with zero attached hydrogens (tertiary/aromatic N) is 2. The molecular weight excluding hydrogens is 252 g/mol. The summed E-state index contributed by atoms with van der Waals surface area (Å²) in [5.41, 5.74) is 2.57. The molecule has 2 N–H and O–H groups in total. The van der Waals surface area contributed by atoms with Gasteiger partial charge in [0.15, 0.2) is 0 Å². The number of hydrogen-bond acceptors (Lipinski definition) is 4. The lowest BCUT2D eigenvalue weighted by Gasteiger charge is -2.07. The molecule has 3 rings (SSSR count). The minimum absolute atomic E-state index is 0.143. The summed E-state index contributed by atoms with van der Waals surface area (Å²) in [5, 5.41) is 3.70. The molecule has 0 bridgehead atoms. The number of benzene rings is 1. The van der Waals surface area contributed by atoms with E-state index in [1.165, 1.54) is 0 Å². The zero-order valence-electron chi connectivity index (χ0n) is 11.1. The molecule has 0 radical (unpaired) electrons. The minimum Gasteiger partial charge on any atom is -0.350 e. The lowest BCUT2D eigenvalue weighted by molar-refractivity contribution is 0.985. The molecule has 5 heteroatoms. The van der Waals surface area contributed by atoms with Gasteiger partial charge in [0.2, 0.25) is 5.95 Å². The Kier molecular flexibility index (Phi) is 3.16. The van der Waals surface area contributed by atoms with E-state index < -0.39 is 0 Å². The van der Waals surface area contributed by atoms with Crippen LogP contribution in [0, 0.1) is 6.92 Å². The van der Waals surface area contributed by atoms with Crippen molar-refractivity contribution in [1.29, 1.82) is 0 Å². The van der Waals surface area contributed by atoms with Crippen molar-refractivity contribution in [2.75, 3.05) is 5.32 Å². The number of aromatic nitrogens is 3. The third-order valence-corrected chi connectivity index (χ3v) is 3.15. The summed E-state index contributed by atoms with van der Waals surface area (Å²) < 4.78 is 0. The van der Waals surface area contributed by atoms with E-state index in [2.05, 4.69) is 20.3 Å². The van der Waals surface area contributed by atoms with Crippen molar-refractivity contribution in [2.24, 2.45) is 0 Å². The molecule has 0 unspecified atom stereocenters. The fraction of sp³-hybridized carbons (Fsp3) is 0.133. The standard InChI is InChI=1S/C15H14N4O/c1-10-5-4-8-16-13(10)9-17-15-18-12-7-3-2-6-11(12)14(20)19-15/h2-8H,9H2,1H3,(H2,17,18,19,20). The van der Waals surface area contributed by atoms with Crippen LogP contribution in [0.4, 0.5) is 5.95 Å². The maximum Gasteiger partial charge on any atom is 0.260 e. The summed E-state index contributed by atoms with van der Waals surface area (Å²) >= 11 is 0. The van der Waals surface area contributed by atoms with Crippen molar-refractivity contribution >= 4 is 16.9 Å². The largest absolute Gasteiger partial charge is 0.350 e. The molecule has 0 saturated carbocycles. The average molecular weight is 266 g/mol. The molecule has 1 aromatic carbocycles. The predicted molar refractivity (Wildman–Crippen MR) is 78.7 cm³/mol. The van der Waals surface area contributed by atoms with Crippen LogP contribution in [-0.4, -0.2) is 15.0 Å². The van der Waals surface area contributed by atoms with Crippen LogP contribution in [0.25, 0.3) is 10.9 Å². The van der Waals surface area contributed by atoms with Gasteiger partial charge in [0.1, 0.15) is 0 Å². The van der Waals surface area contributed by atoms with Gasteiger partial charge in [-0.3, -0.25) is 14.8 Å². The van der Waals surface area contributed by atoms with Crippen molar-refractivity contribution in [1.82, 2.24) is 15.0 Å². The highest BCUT2D eigenvalue weighted by Gasteiger charge is 2.04. The van der Waals surface area contributed by atoms with Gasteiger partial charge in [-0.05, 0) is 30.7 Å². The third-order valence-electron chi connectivity index (χ3n) is 3.15. The first kappa shape index (κ1) is 12.3. The molecule has 0 aliphatic rings. The molecule has 0 saturated heterocycles. The van der Waals surface area contributed by atoms with E-state index in [-0.39, 0.29) is 5.56 Å². The average Bonchev–Trinajstić information content (AvgIpc) is 2.46. The lowest BCUT2D eigenvalue weighted by atomic mass is 10.2. The lowest BCUT2D eigenvalue weighted by Crippen LogP contribution is -2.13. The van der Waals surface area contributed by atoms with E-state index >= 15 is 0 Å². The molecule has 5 nitrogen and oxygen atoms in total. The monoisotopic (exact) mass is 266 g/mol. The molecule has 0 fully saturated rings. The van der Waals surface area contributed by atoms with Crippen LogP contribution in [0.5, 0.6) is 0 Å². The molecule has 0 atom stereocenters. The smallest absolute Gasteiger partial charge is 0.260 e. The molecule has 100 valence electrons. The number of hydrogen-bond donors (Lipinski definition) is 2. The van der Waals surface area contributed by atoms with Crippen LogP contribution < -0.4 is 10.9 Å². The molecular formula is C15H14N4O. The maximum atomic E-state index is 11.9.